The summed E-state index contributed by atoms with van der Waals surface area (Å²) in [5.41, 5.74) is 5.02. The van der Waals surface area contributed by atoms with Crippen LogP contribution in [-0.4, -0.2) is 28.1 Å². The predicted molar refractivity (Wildman–Crippen MR) is 77.7 cm³/mol. The van der Waals surface area contributed by atoms with E-state index >= 15 is 0 Å². The quantitative estimate of drug-likeness (QED) is 0.879. The van der Waals surface area contributed by atoms with Gasteiger partial charge in [-0.3, -0.25) is 4.79 Å². The molecule has 0 bridgehead atoms. The van der Waals surface area contributed by atoms with Crippen molar-refractivity contribution in [1.29, 1.82) is 0 Å². The van der Waals surface area contributed by atoms with E-state index in [1.165, 1.54) is 21.7 Å². The summed E-state index contributed by atoms with van der Waals surface area (Å²) < 4.78 is 39.2. The number of fused-ring (bicyclic) bond motifs is 1. The molecule has 2 heterocycles. The number of benzene rings is 1. The first-order valence-electron chi connectivity index (χ1n) is 6.89. The molecular formula is C15H12F3N3O3. The normalized spacial score (nSPS) is 17.8. The molecule has 6 nitrogen and oxygen atoms in total. The Morgan fingerprint density at radius 3 is 2.38 bits per heavy atom. The number of carbonyl (C=O) groups excluding carboxylic acids is 1. The summed E-state index contributed by atoms with van der Waals surface area (Å²) in [5, 5.41) is 9.17. The number of aromatic nitrogens is 1. The largest absolute Gasteiger partial charge is 0.478 e. The fourth-order valence-electron chi connectivity index (χ4n) is 2.66. The standard InChI is InChI=1S/C15H12F3N3O3/c16-15(17,18)8-1-3-9(4-2-8)21-7-11(19)20-6-5-10(14(23)24)12(20)13(21)22/h1-6,11H,7,19H2,(H,23,24)/t11-/m1/s1. The van der Waals surface area contributed by atoms with Gasteiger partial charge in [0.2, 0.25) is 0 Å². The van der Waals surface area contributed by atoms with Gasteiger partial charge in [-0.25, -0.2) is 4.79 Å². The number of rotatable bonds is 2. The van der Waals surface area contributed by atoms with E-state index in [0.717, 1.165) is 24.3 Å². The second-order valence-corrected chi connectivity index (χ2v) is 5.32. The third-order valence-electron chi connectivity index (χ3n) is 3.83. The van der Waals surface area contributed by atoms with Crippen molar-refractivity contribution in [3.63, 3.8) is 0 Å². The van der Waals surface area contributed by atoms with Gasteiger partial charge >= 0.3 is 12.1 Å². The molecule has 126 valence electrons. The number of alkyl halides is 3. The average molecular weight is 339 g/mol. The van der Waals surface area contributed by atoms with E-state index in [9.17, 15) is 22.8 Å². The number of halogens is 3. The van der Waals surface area contributed by atoms with Gasteiger partial charge in [0.1, 0.15) is 5.69 Å². The van der Waals surface area contributed by atoms with Gasteiger partial charge in [-0.15, -0.1) is 0 Å². The highest BCUT2D eigenvalue weighted by molar-refractivity contribution is 6.11. The summed E-state index contributed by atoms with van der Waals surface area (Å²) in [7, 11) is 0. The number of amides is 1. The third-order valence-corrected chi connectivity index (χ3v) is 3.83. The SMILES string of the molecule is N[C@H]1CN(c2ccc(C(F)(F)F)cc2)C(=O)c2c(C(=O)O)ccn21. The van der Waals surface area contributed by atoms with Gasteiger partial charge in [0.15, 0.2) is 0 Å². The Bertz CT molecular complexity index is 812. The van der Waals surface area contributed by atoms with Gasteiger partial charge in [-0.2, -0.15) is 13.2 Å². The van der Waals surface area contributed by atoms with Crippen molar-refractivity contribution in [3.05, 3.63) is 53.3 Å². The second kappa shape index (κ2) is 5.38. The number of carbonyl (C=O) groups is 2. The van der Waals surface area contributed by atoms with E-state index in [-0.39, 0.29) is 23.5 Å². The van der Waals surface area contributed by atoms with Crippen molar-refractivity contribution in [2.45, 2.75) is 12.3 Å². The summed E-state index contributed by atoms with van der Waals surface area (Å²) in [6.07, 6.45) is -3.77. The maximum Gasteiger partial charge on any atom is 0.416 e. The van der Waals surface area contributed by atoms with Crippen LogP contribution in [-0.2, 0) is 6.18 Å². The molecule has 24 heavy (non-hydrogen) atoms. The predicted octanol–water partition coefficient (Wildman–Crippen LogP) is 2.32. The molecule has 1 amide bonds. The van der Waals surface area contributed by atoms with Crippen LogP contribution in [0.5, 0.6) is 0 Å². The Morgan fingerprint density at radius 1 is 1.21 bits per heavy atom. The molecule has 0 saturated carbocycles. The molecule has 1 atom stereocenters. The molecule has 1 aromatic heterocycles. The Labute approximate surface area is 133 Å². The highest BCUT2D eigenvalue weighted by Crippen LogP contribution is 2.32. The van der Waals surface area contributed by atoms with Crippen LogP contribution < -0.4 is 10.6 Å². The molecule has 2 aromatic rings. The van der Waals surface area contributed by atoms with Crippen molar-refractivity contribution >= 4 is 17.6 Å². The van der Waals surface area contributed by atoms with Crippen LogP contribution in [0.3, 0.4) is 0 Å². The Balaban J connectivity index is 2.00. The van der Waals surface area contributed by atoms with E-state index in [4.69, 9.17) is 10.8 Å². The van der Waals surface area contributed by atoms with Gasteiger partial charge in [-0.05, 0) is 30.3 Å². The number of hydrogen-bond acceptors (Lipinski definition) is 3. The molecule has 0 saturated heterocycles. The lowest BCUT2D eigenvalue weighted by Gasteiger charge is -2.33. The number of aromatic carboxylic acids is 1. The second-order valence-electron chi connectivity index (χ2n) is 5.32. The third kappa shape index (κ3) is 2.52. The van der Waals surface area contributed by atoms with E-state index in [2.05, 4.69) is 0 Å². The Morgan fingerprint density at radius 2 is 1.83 bits per heavy atom. The van der Waals surface area contributed by atoms with Crippen LogP contribution in [0.2, 0.25) is 0 Å². The van der Waals surface area contributed by atoms with Crippen LogP contribution >= 0.6 is 0 Å². The van der Waals surface area contributed by atoms with Crippen LogP contribution in [0.4, 0.5) is 18.9 Å². The molecule has 0 aliphatic carbocycles. The van der Waals surface area contributed by atoms with Crippen molar-refractivity contribution in [3.8, 4) is 0 Å². The summed E-state index contributed by atoms with van der Waals surface area (Å²) in [4.78, 5) is 25.0. The zero-order valence-electron chi connectivity index (χ0n) is 12.1. The molecule has 0 spiro atoms. The van der Waals surface area contributed by atoms with Crippen LogP contribution in [0.15, 0.2) is 36.5 Å². The average Bonchev–Trinajstić information content (AvgIpc) is 2.96. The smallest absolute Gasteiger partial charge is 0.416 e. The molecular weight excluding hydrogens is 327 g/mol. The Kier molecular flexibility index (Phi) is 3.60. The monoisotopic (exact) mass is 339 g/mol. The van der Waals surface area contributed by atoms with Gasteiger partial charge in [-0.1, -0.05) is 0 Å². The number of nitrogens with zero attached hydrogens (tertiary/aromatic N) is 2. The van der Waals surface area contributed by atoms with Crippen LogP contribution in [0, 0.1) is 0 Å². The van der Waals surface area contributed by atoms with Gasteiger partial charge in [0.05, 0.1) is 23.8 Å². The number of nitrogens with two attached hydrogens (primary N) is 1. The number of carboxylic acids is 1. The maximum atomic E-state index is 12.6. The summed E-state index contributed by atoms with van der Waals surface area (Å²) in [6, 6.07) is 5.31. The van der Waals surface area contributed by atoms with Crippen LogP contribution in [0.1, 0.15) is 32.6 Å². The molecule has 9 heteroatoms. The van der Waals surface area contributed by atoms with Crippen molar-refractivity contribution in [2.24, 2.45) is 5.73 Å². The highest BCUT2D eigenvalue weighted by atomic mass is 19.4. The maximum absolute atomic E-state index is 12.6. The first-order valence-corrected chi connectivity index (χ1v) is 6.89. The summed E-state index contributed by atoms with van der Waals surface area (Å²) in [5.74, 6) is -1.91. The lowest BCUT2D eigenvalue weighted by atomic mass is 10.1. The zero-order valence-corrected chi connectivity index (χ0v) is 12.1. The minimum atomic E-state index is -4.48. The fourth-order valence-corrected chi connectivity index (χ4v) is 2.66. The molecule has 0 radical (unpaired) electrons. The summed E-state index contributed by atoms with van der Waals surface area (Å²) >= 11 is 0. The topological polar surface area (TPSA) is 88.6 Å². The molecule has 1 aromatic carbocycles. The lowest BCUT2D eigenvalue weighted by Crippen LogP contribution is -2.46. The molecule has 3 N–H and O–H groups in total. The number of hydrogen-bond donors (Lipinski definition) is 2. The van der Waals surface area contributed by atoms with E-state index in [0.29, 0.717) is 0 Å². The van der Waals surface area contributed by atoms with E-state index in [1.54, 1.807) is 0 Å². The minimum absolute atomic E-state index is 0.0188. The minimum Gasteiger partial charge on any atom is -0.478 e. The van der Waals surface area contributed by atoms with E-state index in [1.807, 2.05) is 0 Å². The summed E-state index contributed by atoms with van der Waals surface area (Å²) in [6.45, 7) is 0.0188. The zero-order chi connectivity index (χ0) is 17.6. The van der Waals surface area contributed by atoms with Gasteiger partial charge in [0, 0.05) is 11.9 Å². The molecule has 0 unspecified atom stereocenters. The lowest BCUT2D eigenvalue weighted by molar-refractivity contribution is -0.137. The number of anilines is 1. The fraction of sp³-hybridized carbons (Fsp3) is 0.200. The highest BCUT2D eigenvalue weighted by Gasteiger charge is 2.35. The van der Waals surface area contributed by atoms with Gasteiger partial charge < -0.3 is 20.3 Å². The van der Waals surface area contributed by atoms with Crippen molar-refractivity contribution < 1.29 is 27.9 Å². The number of carboxylic acid groups (broad SMARTS) is 1. The molecule has 1 aliphatic heterocycles. The van der Waals surface area contributed by atoms with Crippen molar-refractivity contribution in [2.75, 3.05) is 11.4 Å². The molecule has 3 rings (SSSR count). The molecule has 1 aliphatic rings. The first-order chi connectivity index (χ1) is 11.2. The molecule has 0 fully saturated rings. The van der Waals surface area contributed by atoms with Crippen LogP contribution in [0.25, 0.3) is 0 Å². The Hall–Kier alpha value is -2.81. The van der Waals surface area contributed by atoms with Crippen molar-refractivity contribution in [1.82, 2.24) is 4.57 Å². The van der Waals surface area contributed by atoms with E-state index < -0.39 is 29.8 Å². The first kappa shape index (κ1) is 16.1. The van der Waals surface area contributed by atoms with Gasteiger partial charge in [0.25, 0.3) is 5.91 Å².